The van der Waals surface area contributed by atoms with E-state index in [-0.39, 0.29) is 0 Å². The quantitative estimate of drug-likeness (QED) is 0.729. The van der Waals surface area contributed by atoms with E-state index in [1.165, 1.54) is 15.7 Å². The van der Waals surface area contributed by atoms with Crippen molar-refractivity contribution in [1.82, 2.24) is 9.13 Å². The molecular weight excluding hydrogens is 287 g/mol. The van der Waals surface area contributed by atoms with Crippen LogP contribution >= 0.6 is 0 Å². The molecule has 0 aliphatic carbocycles. The Balaban J connectivity index is 3.75. The number of imidazole rings is 1. The van der Waals surface area contributed by atoms with Crippen LogP contribution in [-0.4, -0.2) is 24.7 Å². The molecule has 104 valence electrons. The third-order valence-electron chi connectivity index (χ3n) is 3.32. The van der Waals surface area contributed by atoms with E-state index in [9.17, 15) is 0 Å². The summed E-state index contributed by atoms with van der Waals surface area (Å²) in [5, 5.41) is 0. The second-order valence-electron chi connectivity index (χ2n) is 6.29. The Morgan fingerprint density at radius 3 is 1.11 bits per heavy atom. The summed E-state index contributed by atoms with van der Waals surface area (Å²) in [7, 11) is 0. The Morgan fingerprint density at radius 1 is 0.667 bits per heavy atom. The van der Waals surface area contributed by atoms with Gasteiger partial charge < -0.3 is 0 Å². The average Bonchev–Trinajstić information content (AvgIpc) is 2.51. The second-order valence-corrected chi connectivity index (χ2v) is 7.06. The van der Waals surface area contributed by atoms with Gasteiger partial charge in [-0.25, -0.2) is 0 Å². The number of hydrogen-bond acceptors (Lipinski definition) is 0. The van der Waals surface area contributed by atoms with Gasteiger partial charge in [-0.3, -0.25) is 0 Å². The molecule has 0 N–H and O–H groups in total. The Hall–Kier alpha value is -0.271. The van der Waals surface area contributed by atoms with Crippen molar-refractivity contribution < 1.29 is 0 Å². The van der Waals surface area contributed by atoms with Gasteiger partial charge in [-0.05, 0) is 0 Å². The molecule has 1 aromatic rings. The predicted molar refractivity (Wildman–Crippen MR) is 80.4 cm³/mol. The summed E-state index contributed by atoms with van der Waals surface area (Å²) in [4.78, 5) is 0. The van der Waals surface area contributed by atoms with Crippen molar-refractivity contribution in [1.29, 1.82) is 0 Å². The van der Waals surface area contributed by atoms with Gasteiger partial charge in [0.05, 0.1) is 0 Å². The minimum absolute atomic E-state index is 0.496. The molecule has 3 heteroatoms. The van der Waals surface area contributed by atoms with Crippen LogP contribution in [0.5, 0.6) is 0 Å². The average molecular weight is 315 g/mol. The van der Waals surface area contributed by atoms with Gasteiger partial charge in [0, 0.05) is 0 Å². The van der Waals surface area contributed by atoms with Gasteiger partial charge in [0.2, 0.25) is 0 Å². The third-order valence-corrected chi connectivity index (χ3v) is 4.15. The van der Waals surface area contributed by atoms with Gasteiger partial charge in [0.1, 0.15) is 0 Å². The first-order valence-electron chi connectivity index (χ1n) is 7.06. The van der Waals surface area contributed by atoms with Gasteiger partial charge in [-0.2, -0.15) is 0 Å². The topological polar surface area (TPSA) is 9.86 Å². The third kappa shape index (κ3) is 2.67. The van der Waals surface area contributed by atoms with Crippen LogP contribution in [0, 0.1) is 4.32 Å². The second kappa shape index (κ2) is 5.79. The van der Waals surface area contributed by atoms with Crippen molar-refractivity contribution in [3.8, 4) is 0 Å². The number of hydrogen-bond donors (Lipinski definition) is 0. The molecule has 0 saturated heterocycles. The van der Waals surface area contributed by atoms with E-state index in [4.69, 9.17) is 0 Å². The molecule has 0 aliphatic rings. The summed E-state index contributed by atoms with van der Waals surface area (Å²) in [6.07, 6.45) is 0. The molecule has 1 aromatic heterocycles. The van der Waals surface area contributed by atoms with Gasteiger partial charge in [-0.15, -0.1) is 0 Å². The molecule has 0 aliphatic heterocycles. The van der Waals surface area contributed by atoms with E-state index in [2.05, 4.69) is 80.1 Å². The monoisotopic (exact) mass is 316 g/mol. The van der Waals surface area contributed by atoms with E-state index >= 15 is 0 Å². The summed E-state index contributed by atoms with van der Waals surface area (Å²) >= 11 is 3.30. The molecule has 0 spiro atoms. The van der Waals surface area contributed by atoms with E-state index in [1.807, 2.05) is 0 Å². The standard InChI is InChI=1S/C15H28N2Se/c1-9(2)13-14(10(3)4)17(12(7)8)15(18)16(13)11(5)6/h9-12H,1-8H3. The van der Waals surface area contributed by atoms with E-state index in [0.717, 1.165) is 0 Å². The van der Waals surface area contributed by atoms with Crippen molar-refractivity contribution in [2.24, 2.45) is 0 Å². The van der Waals surface area contributed by atoms with Gasteiger partial charge in [-0.1, -0.05) is 0 Å². The summed E-state index contributed by atoms with van der Waals surface area (Å²) in [6.45, 7) is 18.2. The molecule has 0 bridgehead atoms. The summed E-state index contributed by atoms with van der Waals surface area (Å²) in [6, 6.07) is 0.993. The molecular formula is C15H28N2Se. The Labute approximate surface area is 120 Å². The molecule has 0 amide bonds. The van der Waals surface area contributed by atoms with Crippen molar-refractivity contribution >= 4 is 15.6 Å². The fourth-order valence-electron chi connectivity index (χ4n) is 2.71. The maximum atomic E-state index is 3.30. The van der Waals surface area contributed by atoms with Gasteiger partial charge >= 0.3 is 120 Å². The van der Waals surface area contributed by atoms with Crippen LogP contribution in [0.2, 0.25) is 0 Å². The van der Waals surface area contributed by atoms with Crippen molar-refractivity contribution in [3.05, 3.63) is 15.7 Å². The predicted octanol–water partition coefficient (Wildman–Crippen LogP) is 4.40. The molecule has 0 saturated carbocycles. The van der Waals surface area contributed by atoms with Crippen LogP contribution in [0.3, 0.4) is 0 Å². The van der Waals surface area contributed by atoms with E-state index in [1.54, 1.807) is 0 Å². The Morgan fingerprint density at radius 2 is 0.944 bits per heavy atom. The van der Waals surface area contributed by atoms with Crippen LogP contribution < -0.4 is 0 Å². The number of rotatable bonds is 4. The number of nitrogens with zero attached hydrogens (tertiary/aromatic N) is 2. The fraction of sp³-hybridized carbons (Fsp3) is 0.800. The minimum atomic E-state index is 0.496. The summed E-state index contributed by atoms with van der Waals surface area (Å²) < 4.78 is 6.22. The SMILES string of the molecule is CC(C)c1c(C(C)C)n(C(C)C)c(=[Se])n1C(C)C. The van der Waals surface area contributed by atoms with Crippen LogP contribution in [0.4, 0.5) is 0 Å². The molecule has 2 nitrogen and oxygen atoms in total. The van der Waals surface area contributed by atoms with Gasteiger partial charge in [0.25, 0.3) is 0 Å². The van der Waals surface area contributed by atoms with Crippen LogP contribution in [0.1, 0.15) is 90.7 Å². The Kier molecular flexibility index (Phi) is 5.08. The first-order valence-corrected chi connectivity index (χ1v) is 7.92. The normalized spacial score (nSPS) is 12.4. The molecule has 0 fully saturated rings. The first kappa shape index (κ1) is 15.8. The molecule has 0 atom stereocenters. The molecule has 18 heavy (non-hydrogen) atoms. The zero-order valence-corrected chi connectivity index (χ0v) is 14.8. The van der Waals surface area contributed by atoms with E-state index < -0.39 is 0 Å². The first-order chi connectivity index (χ1) is 8.20. The maximum absolute atomic E-state index is 3.30. The zero-order valence-electron chi connectivity index (χ0n) is 13.1. The van der Waals surface area contributed by atoms with Gasteiger partial charge in [0.15, 0.2) is 0 Å². The fourth-order valence-corrected chi connectivity index (χ4v) is 4.01. The summed E-state index contributed by atoms with van der Waals surface area (Å²) in [5.41, 5.74) is 2.98. The summed E-state index contributed by atoms with van der Waals surface area (Å²) in [5.74, 6) is 1.11. The zero-order chi connectivity index (χ0) is 14.2. The Bertz CT molecular complexity index is 421. The number of aromatic nitrogens is 2. The van der Waals surface area contributed by atoms with Crippen molar-refractivity contribution in [2.45, 2.75) is 79.3 Å². The molecule has 1 rings (SSSR count). The molecule has 0 unspecified atom stereocenters. The van der Waals surface area contributed by atoms with Crippen LogP contribution in [0.15, 0.2) is 0 Å². The van der Waals surface area contributed by atoms with Crippen LogP contribution in [-0.2, 0) is 0 Å². The molecule has 1 heterocycles. The molecule has 0 radical (unpaired) electrons. The molecule has 0 aromatic carbocycles. The van der Waals surface area contributed by atoms with Crippen molar-refractivity contribution in [3.63, 3.8) is 0 Å². The van der Waals surface area contributed by atoms with Crippen molar-refractivity contribution in [2.75, 3.05) is 0 Å². The van der Waals surface area contributed by atoms with E-state index in [0.29, 0.717) is 23.9 Å². The van der Waals surface area contributed by atoms with Crippen LogP contribution in [0.25, 0.3) is 0 Å².